The molecule has 2 heterocycles. The van der Waals surface area contributed by atoms with E-state index in [9.17, 15) is 13.2 Å². The van der Waals surface area contributed by atoms with Gasteiger partial charge in [-0.05, 0) is 43.7 Å². The summed E-state index contributed by atoms with van der Waals surface area (Å²) >= 11 is 0. The second-order valence-corrected chi connectivity index (χ2v) is 7.26. The van der Waals surface area contributed by atoms with E-state index < -0.39 is 12.1 Å². The maximum Gasteiger partial charge on any atom is 0.490 e. The average Bonchev–Trinajstić information content (AvgIpc) is 3.00. The fraction of sp³-hybridized carbons (Fsp3) is 0.650. The molecule has 0 amide bonds. The first-order valence-electron chi connectivity index (χ1n) is 9.46. The first kappa shape index (κ1) is 22.6. The van der Waals surface area contributed by atoms with E-state index in [4.69, 9.17) is 19.4 Å². The second kappa shape index (κ2) is 9.71. The molecule has 0 bridgehead atoms. The van der Waals surface area contributed by atoms with Crippen LogP contribution in [0.2, 0.25) is 0 Å². The minimum atomic E-state index is -5.08. The zero-order valence-corrected chi connectivity index (χ0v) is 16.3. The molecule has 2 aliphatic rings. The number of aliphatic carboxylic acids is 1. The molecule has 0 aromatic heterocycles. The number of carbonyl (C=O) groups is 1. The van der Waals surface area contributed by atoms with Crippen LogP contribution >= 0.6 is 0 Å². The highest BCUT2D eigenvalue weighted by atomic mass is 19.4. The molecule has 2 fully saturated rings. The molecular formula is C20H28F3NO4. The second-order valence-electron chi connectivity index (χ2n) is 7.26. The van der Waals surface area contributed by atoms with Crippen LogP contribution in [0.3, 0.4) is 0 Å². The van der Waals surface area contributed by atoms with Crippen LogP contribution < -0.4 is 0 Å². The number of hydrogen-bond acceptors (Lipinski definition) is 4. The Labute approximate surface area is 163 Å². The minimum absolute atomic E-state index is 0.125. The summed E-state index contributed by atoms with van der Waals surface area (Å²) in [4.78, 5) is 11.4. The highest BCUT2D eigenvalue weighted by Gasteiger charge is 2.52. The molecule has 2 saturated heterocycles. The van der Waals surface area contributed by atoms with E-state index in [-0.39, 0.29) is 5.60 Å². The quantitative estimate of drug-likeness (QED) is 0.735. The van der Waals surface area contributed by atoms with Crippen LogP contribution in [-0.4, -0.2) is 60.7 Å². The lowest BCUT2D eigenvalue weighted by atomic mass is 9.79. The van der Waals surface area contributed by atoms with E-state index in [2.05, 4.69) is 43.0 Å². The van der Waals surface area contributed by atoms with Crippen molar-refractivity contribution in [2.24, 2.45) is 5.92 Å². The van der Waals surface area contributed by atoms with Crippen LogP contribution in [0.5, 0.6) is 0 Å². The fourth-order valence-electron chi connectivity index (χ4n) is 3.76. The van der Waals surface area contributed by atoms with Crippen molar-refractivity contribution >= 4 is 5.97 Å². The molecule has 1 spiro atoms. The lowest BCUT2D eigenvalue weighted by Gasteiger charge is -2.50. The van der Waals surface area contributed by atoms with Gasteiger partial charge in [-0.2, -0.15) is 13.2 Å². The Balaban J connectivity index is 0.000000345. The van der Waals surface area contributed by atoms with Gasteiger partial charge in [-0.15, -0.1) is 0 Å². The third-order valence-electron chi connectivity index (χ3n) is 5.29. The molecule has 0 radical (unpaired) electrons. The smallest absolute Gasteiger partial charge is 0.475 e. The fourth-order valence-corrected chi connectivity index (χ4v) is 3.76. The summed E-state index contributed by atoms with van der Waals surface area (Å²) in [5.74, 6) is -2.08. The van der Waals surface area contributed by atoms with Gasteiger partial charge in [0, 0.05) is 39.5 Å². The number of nitrogens with zero attached hydrogens (tertiary/aromatic N) is 1. The summed E-state index contributed by atoms with van der Waals surface area (Å²) in [6, 6.07) is 8.68. The van der Waals surface area contributed by atoms with Gasteiger partial charge in [0.05, 0.1) is 5.60 Å². The van der Waals surface area contributed by atoms with Crippen molar-refractivity contribution in [2.75, 3.05) is 32.9 Å². The van der Waals surface area contributed by atoms with E-state index in [0.717, 1.165) is 45.9 Å². The topological polar surface area (TPSA) is 59.0 Å². The molecule has 1 N–H and O–H groups in total. The zero-order chi connectivity index (χ0) is 20.8. The summed E-state index contributed by atoms with van der Waals surface area (Å²) in [7, 11) is 0. The third-order valence-corrected chi connectivity index (χ3v) is 5.29. The predicted molar refractivity (Wildman–Crippen MR) is 98.0 cm³/mol. The Morgan fingerprint density at radius 3 is 2.57 bits per heavy atom. The van der Waals surface area contributed by atoms with Crippen LogP contribution in [0.25, 0.3) is 0 Å². The molecule has 0 aliphatic carbocycles. The van der Waals surface area contributed by atoms with E-state index in [1.165, 1.54) is 17.5 Å². The van der Waals surface area contributed by atoms with Gasteiger partial charge in [0.15, 0.2) is 0 Å². The highest BCUT2D eigenvalue weighted by molar-refractivity contribution is 5.73. The standard InChI is InChI=1S/C18H27NO2.C2HF3O2/c1-3-20-10-8-17-9-11-21-18(17)13-19(14-18)12-16-7-5-4-6-15(16)2;3-2(4,5)1(6)7/h4-7,17H,3,8-14H2,1-2H3;(H,6,7). The first-order valence-corrected chi connectivity index (χ1v) is 9.46. The number of ether oxygens (including phenoxy) is 2. The minimum Gasteiger partial charge on any atom is -0.475 e. The van der Waals surface area contributed by atoms with Crippen molar-refractivity contribution in [3.05, 3.63) is 35.4 Å². The van der Waals surface area contributed by atoms with Gasteiger partial charge in [-0.3, -0.25) is 4.90 Å². The molecule has 28 heavy (non-hydrogen) atoms. The molecule has 5 nitrogen and oxygen atoms in total. The monoisotopic (exact) mass is 403 g/mol. The van der Waals surface area contributed by atoms with E-state index in [1.54, 1.807) is 0 Å². The van der Waals surface area contributed by atoms with Crippen molar-refractivity contribution in [1.82, 2.24) is 4.90 Å². The highest BCUT2D eigenvalue weighted by Crippen LogP contribution is 2.42. The number of aryl methyl sites for hydroxylation is 1. The van der Waals surface area contributed by atoms with Gasteiger partial charge in [0.25, 0.3) is 0 Å². The van der Waals surface area contributed by atoms with Crippen molar-refractivity contribution < 1.29 is 32.5 Å². The molecule has 0 saturated carbocycles. The summed E-state index contributed by atoms with van der Waals surface area (Å²) in [6.07, 6.45) is -2.74. The number of halogens is 3. The normalized spacial score (nSPS) is 21.1. The Morgan fingerprint density at radius 2 is 2.00 bits per heavy atom. The lowest BCUT2D eigenvalue weighted by molar-refractivity contribution is -0.192. The van der Waals surface area contributed by atoms with Crippen LogP contribution in [0.4, 0.5) is 13.2 Å². The summed E-state index contributed by atoms with van der Waals surface area (Å²) < 4.78 is 43.4. The summed E-state index contributed by atoms with van der Waals surface area (Å²) in [6.45, 7) is 10.1. The molecule has 158 valence electrons. The number of hydrogen-bond donors (Lipinski definition) is 1. The molecule has 1 atom stereocenters. The number of carboxylic acid groups (broad SMARTS) is 1. The molecule has 3 rings (SSSR count). The SMILES string of the molecule is CCOCCC1CCOC12CN(Cc1ccccc1C)C2.O=C(O)C(F)(F)F. The number of carboxylic acids is 1. The van der Waals surface area contributed by atoms with Gasteiger partial charge >= 0.3 is 12.1 Å². The van der Waals surface area contributed by atoms with Crippen LogP contribution in [0, 0.1) is 12.8 Å². The van der Waals surface area contributed by atoms with Gasteiger partial charge in [0.1, 0.15) is 0 Å². The predicted octanol–water partition coefficient (Wildman–Crippen LogP) is 3.65. The average molecular weight is 403 g/mol. The number of benzene rings is 1. The Hall–Kier alpha value is -1.64. The van der Waals surface area contributed by atoms with Gasteiger partial charge in [-0.25, -0.2) is 4.79 Å². The summed E-state index contributed by atoms with van der Waals surface area (Å²) in [5, 5.41) is 7.12. The molecule has 1 aromatic carbocycles. The Morgan fingerprint density at radius 1 is 1.36 bits per heavy atom. The maximum atomic E-state index is 10.6. The number of rotatable bonds is 6. The molecule has 8 heteroatoms. The van der Waals surface area contributed by atoms with E-state index >= 15 is 0 Å². The summed E-state index contributed by atoms with van der Waals surface area (Å²) in [5.41, 5.74) is 2.95. The maximum absolute atomic E-state index is 10.6. The third kappa shape index (κ3) is 5.93. The van der Waals surface area contributed by atoms with Crippen LogP contribution in [0.1, 0.15) is 30.9 Å². The number of likely N-dealkylation sites (tertiary alicyclic amines) is 1. The first-order chi connectivity index (χ1) is 13.2. The largest absolute Gasteiger partial charge is 0.490 e. The van der Waals surface area contributed by atoms with Gasteiger partial charge < -0.3 is 14.6 Å². The Bertz CT molecular complexity index is 645. The van der Waals surface area contributed by atoms with Crippen molar-refractivity contribution in [3.8, 4) is 0 Å². The molecule has 2 aliphatic heterocycles. The van der Waals surface area contributed by atoms with Crippen LogP contribution in [0.15, 0.2) is 24.3 Å². The lowest BCUT2D eigenvalue weighted by Crippen LogP contribution is -2.64. The number of alkyl halides is 3. The molecule has 1 aromatic rings. The molecular weight excluding hydrogens is 375 g/mol. The van der Waals surface area contributed by atoms with Crippen molar-refractivity contribution in [1.29, 1.82) is 0 Å². The van der Waals surface area contributed by atoms with E-state index in [0.29, 0.717) is 5.92 Å². The van der Waals surface area contributed by atoms with Gasteiger partial charge in [0.2, 0.25) is 0 Å². The Kier molecular flexibility index (Phi) is 7.86. The van der Waals surface area contributed by atoms with Crippen molar-refractivity contribution in [3.63, 3.8) is 0 Å². The van der Waals surface area contributed by atoms with E-state index in [1.807, 2.05) is 0 Å². The zero-order valence-electron chi connectivity index (χ0n) is 16.3. The van der Waals surface area contributed by atoms with Gasteiger partial charge in [-0.1, -0.05) is 24.3 Å². The molecule has 1 unspecified atom stereocenters. The van der Waals surface area contributed by atoms with Crippen molar-refractivity contribution in [2.45, 2.75) is 45.0 Å². The van der Waals surface area contributed by atoms with Crippen LogP contribution in [-0.2, 0) is 20.8 Å².